The van der Waals surface area contributed by atoms with Crippen molar-refractivity contribution in [3.63, 3.8) is 0 Å². The van der Waals surface area contributed by atoms with E-state index in [2.05, 4.69) is 35.0 Å². The van der Waals surface area contributed by atoms with Gasteiger partial charge in [0.2, 0.25) is 0 Å². The van der Waals surface area contributed by atoms with Crippen molar-refractivity contribution >= 4 is 15.9 Å². The van der Waals surface area contributed by atoms with Crippen LogP contribution in [0.1, 0.15) is 18.6 Å². The highest BCUT2D eigenvalue weighted by Crippen LogP contribution is 2.39. The van der Waals surface area contributed by atoms with Gasteiger partial charge in [-0.1, -0.05) is 46.3 Å². The Kier molecular flexibility index (Phi) is 2.20. The molecule has 1 nitrogen and oxygen atoms in total. The summed E-state index contributed by atoms with van der Waals surface area (Å²) in [5.74, 6) is 0. The molecule has 3 atom stereocenters. The molecule has 0 bridgehead atoms. The van der Waals surface area contributed by atoms with Gasteiger partial charge in [-0.3, -0.25) is 0 Å². The van der Waals surface area contributed by atoms with E-state index in [9.17, 15) is 0 Å². The van der Waals surface area contributed by atoms with Gasteiger partial charge >= 0.3 is 0 Å². The zero-order chi connectivity index (χ0) is 8.55. The molecule has 1 aliphatic heterocycles. The summed E-state index contributed by atoms with van der Waals surface area (Å²) in [5, 5.41) is 0. The standard InChI is InChI=1S/C10H11BrO/c1-7-9(11)10(12-7)8-5-3-2-4-6-8/h2-7,9-10H,1H3/t7-,9-,10+/m0/s1. The number of halogens is 1. The van der Waals surface area contributed by atoms with Crippen LogP contribution in [-0.4, -0.2) is 10.9 Å². The molecule has 0 aliphatic carbocycles. The van der Waals surface area contributed by atoms with Crippen LogP contribution in [-0.2, 0) is 4.74 Å². The first-order valence-corrected chi connectivity index (χ1v) is 5.05. The van der Waals surface area contributed by atoms with Crippen molar-refractivity contribution in [2.45, 2.75) is 24.0 Å². The Morgan fingerprint density at radius 2 is 1.92 bits per heavy atom. The summed E-state index contributed by atoms with van der Waals surface area (Å²) in [6.45, 7) is 2.08. The van der Waals surface area contributed by atoms with Crippen LogP contribution in [0.4, 0.5) is 0 Å². The molecule has 1 saturated heterocycles. The van der Waals surface area contributed by atoms with Crippen molar-refractivity contribution in [3.8, 4) is 0 Å². The van der Waals surface area contributed by atoms with Crippen molar-refractivity contribution in [1.29, 1.82) is 0 Å². The molecule has 1 fully saturated rings. The molecule has 12 heavy (non-hydrogen) atoms. The van der Waals surface area contributed by atoms with Crippen molar-refractivity contribution in [2.24, 2.45) is 0 Å². The topological polar surface area (TPSA) is 9.23 Å². The summed E-state index contributed by atoms with van der Waals surface area (Å²) < 4.78 is 5.59. The fraction of sp³-hybridized carbons (Fsp3) is 0.400. The predicted molar refractivity (Wildman–Crippen MR) is 52.4 cm³/mol. The minimum absolute atomic E-state index is 0.251. The molecule has 0 aromatic heterocycles. The van der Waals surface area contributed by atoms with E-state index in [-0.39, 0.29) is 6.10 Å². The maximum atomic E-state index is 5.59. The largest absolute Gasteiger partial charge is 0.368 e. The fourth-order valence-corrected chi connectivity index (χ4v) is 2.00. The van der Waals surface area contributed by atoms with Gasteiger partial charge in [0.25, 0.3) is 0 Å². The molecule has 0 N–H and O–H groups in total. The summed E-state index contributed by atoms with van der Waals surface area (Å²) in [6.07, 6.45) is 0.594. The van der Waals surface area contributed by atoms with Gasteiger partial charge in [-0.2, -0.15) is 0 Å². The molecule has 1 heterocycles. The van der Waals surface area contributed by atoms with Crippen molar-refractivity contribution in [1.82, 2.24) is 0 Å². The first kappa shape index (κ1) is 8.27. The molecule has 2 heteroatoms. The maximum Gasteiger partial charge on any atom is 0.0979 e. The molecular weight excluding hydrogens is 216 g/mol. The molecule has 1 aromatic carbocycles. The Balaban J connectivity index is 2.13. The second kappa shape index (κ2) is 3.19. The van der Waals surface area contributed by atoms with Crippen LogP contribution < -0.4 is 0 Å². The number of hydrogen-bond acceptors (Lipinski definition) is 1. The number of alkyl halides is 1. The van der Waals surface area contributed by atoms with Crippen LogP contribution in [0.3, 0.4) is 0 Å². The van der Waals surface area contributed by atoms with Crippen LogP contribution in [0.5, 0.6) is 0 Å². The summed E-state index contributed by atoms with van der Waals surface area (Å²) in [7, 11) is 0. The van der Waals surface area contributed by atoms with E-state index < -0.39 is 0 Å². The minimum atomic E-state index is 0.251. The first-order chi connectivity index (χ1) is 5.79. The highest BCUT2D eigenvalue weighted by Gasteiger charge is 2.38. The van der Waals surface area contributed by atoms with E-state index in [0.717, 1.165) is 0 Å². The second-order valence-corrected chi connectivity index (χ2v) is 4.17. The quantitative estimate of drug-likeness (QED) is 0.670. The maximum absolute atomic E-state index is 5.59. The Bertz CT molecular complexity index is 260. The monoisotopic (exact) mass is 226 g/mol. The van der Waals surface area contributed by atoms with E-state index >= 15 is 0 Å². The lowest BCUT2D eigenvalue weighted by Gasteiger charge is -2.39. The van der Waals surface area contributed by atoms with Gasteiger partial charge in [-0.05, 0) is 12.5 Å². The van der Waals surface area contributed by atoms with Crippen LogP contribution in [0.2, 0.25) is 0 Å². The molecule has 0 radical (unpaired) electrons. The highest BCUT2D eigenvalue weighted by atomic mass is 79.9. The lowest BCUT2D eigenvalue weighted by Crippen LogP contribution is -2.41. The van der Waals surface area contributed by atoms with Crippen LogP contribution >= 0.6 is 15.9 Å². The third kappa shape index (κ3) is 1.29. The fourth-order valence-electron chi connectivity index (χ4n) is 1.44. The van der Waals surface area contributed by atoms with Gasteiger partial charge in [0.15, 0.2) is 0 Å². The lowest BCUT2D eigenvalue weighted by atomic mass is 9.98. The van der Waals surface area contributed by atoms with Crippen molar-refractivity contribution < 1.29 is 4.74 Å². The minimum Gasteiger partial charge on any atom is -0.368 e. The Labute approximate surface area is 80.9 Å². The normalized spacial score (nSPS) is 34.3. The van der Waals surface area contributed by atoms with Crippen molar-refractivity contribution in [2.75, 3.05) is 0 Å². The second-order valence-electron chi connectivity index (χ2n) is 3.12. The summed E-state index contributed by atoms with van der Waals surface area (Å²) in [4.78, 5) is 0.472. The van der Waals surface area contributed by atoms with Crippen LogP contribution in [0.15, 0.2) is 30.3 Å². The average molecular weight is 227 g/mol. The smallest absolute Gasteiger partial charge is 0.0979 e. The van der Waals surface area contributed by atoms with E-state index in [1.807, 2.05) is 18.2 Å². The van der Waals surface area contributed by atoms with E-state index in [1.165, 1.54) is 5.56 Å². The zero-order valence-corrected chi connectivity index (χ0v) is 8.49. The summed E-state index contributed by atoms with van der Waals surface area (Å²) in [5.41, 5.74) is 1.26. The number of rotatable bonds is 1. The lowest BCUT2D eigenvalue weighted by molar-refractivity contribution is -0.104. The SMILES string of the molecule is C[C@@H]1O[C@H](c2ccccc2)[C@H]1Br. The molecule has 2 rings (SSSR count). The Hall–Kier alpha value is -0.340. The Morgan fingerprint density at radius 1 is 1.25 bits per heavy atom. The molecule has 0 unspecified atom stereocenters. The molecule has 0 spiro atoms. The molecule has 0 amide bonds. The number of benzene rings is 1. The third-order valence-electron chi connectivity index (χ3n) is 2.23. The molecule has 0 saturated carbocycles. The van der Waals surface area contributed by atoms with Crippen LogP contribution in [0, 0.1) is 0 Å². The highest BCUT2D eigenvalue weighted by molar-refractivity contribution is 9.09. The summed E-state index contributed by atoms with van der Waals surface area (Å²) in [6, 6.07) is 10.3. The van der Waals surface area contributed by atoms with Gasteiger partial charge in [-0.25, -0.2) is 0 Å². The van der Waals surface area contributed by atoms with E-state index in [1.54, 1.807) is 0 Å². The van der Waals surface area contributed by atoms with Gasteiger partial charge in [0.05, 0.1) is 17.0 Å². The molecule has 1 aliphatic rings. The van der Waals surface area contributed by atoms with Gasteiger partial charge in [0.1, 0.15) is 0 Å². The van der Waals surface area contributed by atoms with Crippen molar-refractivity contribution in [3.05, 3.63) is 35.9 Å². The van der Waals surface area contributed by atoms with Crippen LogP contribution in [0.25, 0.3) is 0 Å². The van der Waals surface area contributed by atoms with Gasteiger partial charge < -0.3 is 4.74 Å². The van der Waals surface area contributed by atoms with E-state index in [4.69, 9.17) is 4.74 Å². The van der Waals surface area contributed by atoms with E-state index in [0.29, 0.717) is 10.9 Å². The summed E-state index contributed by atoms with van der Waals surface area (Å²) >= 11 is 3.60. The molecule has 64 valence electrons. The average Bonchev–Trinajstić information content (AvgIpc) is 2.15. The molecular formula is C10H11BrO. The predicted octanol–water partition coefficient (Wildman–Crippen LogP) is 2.91. The first-order valence-electron chi connectivity index (χ1n) is 4.13. The number of hydrogen-bond donors (Lipinski definition) is 0. The Morgan fingerprint density at radius 3 is 2.42 bits per heavy atom. The van der Waals surface area contributed by atoms with Gasteiger partial charge in [0, 0.05) is 0 Å². The zero-order valence-electron chi connectivity index (χ0n) is 6.91. The third-order valence-corrected chi connectivity index (χ3v) is 3.45. The molecule has 1 aromatic rings. The number of ether oxygens (including phenoxy) is 1. The van der Waals surface area contributed by atoms with Gasteiger partial charge in [-0.15, -0.1) is 0 Å².